The second-order valence-electron chi connectivity index (χ2n) is 5.01. The lowest BCUT2D eigenvalue weighted by Gasteiger charge is -2.13. The van der Waals surface area contributed by atoms with Gasteiger partial charge in [0.15, 0.2) is 0 Å². The molecule has 0 amide bonds. The maximum absolute atomic E-state index is 13.1. The van der Waals surface area contributed by atoms with Gasteiger partial charge in [0.25, 0.3) is 0 Å². The highest BCUT2D eigenvalue weighted by Gasteiger charge is 2.20. The van der Waals surface area contributed by atoms with Gasteiger partial charge in [-0.3, -0.25) is 4.99 Å². The lowest BCUT2D eigenvalue weighted by Crippen LogP contribution is -2.13. The minimum atomic E-state index is -0.220. The van der Waals surface area contributed by atoms with Crippen LogP contribution in [-0.4, -0.2) is 17.2 Å². The fraction of sp³-hybridized carbons (Fsp3) is 0.118. The Morgan fingerprint density at radius 2 is 1.80 bits per heavy atom. The molecule has 0 saturated heterocycles. The molecular formula is C17H13FN2. The summed E-state index contributed by atoms with van der Waals surface area (Å²) in [4.78, 5) is 8.08. The number of benzene rings is 2. The maximum atomic E-state index is 13.1. The third-order valence-electron chi connectivity index (χ3n) is 3.80. The molecule has 4 rings (SSSR count). The van der Waals surface area contributed by atoms with E-state index in [9.17, 15) is 4.39 Å². The number of hydrogen-bond acceptors (Lipinski definition) is 1. The molecule has 0 saturated carbocycles. The number of rotatable bonds is 1. The molecule has 1 aromatic heterocycles. The van der Waals surface area contributed by atoms with Crippen molar-refractivity contribution in [2.75, 3.05) is 6.54 Å². The Morgan fingerprint density at radius 1 is 1.00 bits per heavy atom. The molecule has 2 heterocycles. The number of nitrogens with zero attached hydrogens (tertiary/aromatic N) is 1. The van der Waals surface area contributed by atoms with Crippen LogP contribution in [0.5, 0.6) is 0 Å². The van der Waals surface area contributed by atoms with Gasteiger partial charge >= 0.3 is 0 Å². The minimum absolute atomic E-state index is 0.220. The molecule has 0 bridgehead atoms. The Labute approximate surface area is 116 Å². The van der Waals surface area contributed by atoms with Crippen LogP contribution in [0.1, 0.15) is 16.8 Å². The summed E-state index contributed by atoms with van der Waals surface area (Å²) in [5, 5.41) is 1.26. The van der Waals surface area contributed by atoms with Crippen molar-refractivity contribution >= 4 is 16.6 Å². The molecule has 0 fully saturated rings. The third-order valence-corrected chi connectivity index (χ3v) is 3.80. The fourth-order valence-corrected chi connectivity index (χ4v) is 2.86. The first kappa shape index (κ1) is 11.4. The Bertz CT molecular complexity index is 813. The molecular weight excluding hydrogens is 251 g/mol. The maximum Gasteiger partial charge on any atom is 0.123 e. The largest absolute Gasteiger partial charge is 0.353 e. The number of hydrogen-bond donors (Lipinski definition) is 1. The zero-order valence-electron chi connectivity index (χ0n) is 10.9. The van der Waals surface area contributed by atoms with Crippen LogP contribution >= 0.6 is 0 Å². The van der Waals surface area contributed by atoms with Crippen LogP contribution in [0.3, 0.4) is 0 Å². The van der Waals surface area contributed by atoms with Crippen molar-refractivity contribution in [3.63, 3.8) is 0 Å². The summed E-state index contributed by atoms with van der Waals surface area (Å²) in [7, 11) is 0. The van der Waals surface area contributed by atoms with E-state index in [4.69, 9.17) is 0 Å². The topological polar surface area (TPSA) is 28.1 Å². The lowest BCUT2D eigenvalue weighted by atomic mass is 9.98. The second kappa shape index (κ2) is 4.30. The van der Waals surface area contributed by atoms with Gasteiger partial charge < -0.3 is 4.98 Å². The first-order valence-electron chi connectivity index (χ1n) is 6.73. The van der Waals surface area contributed by atoms with Crippen LogP contribution in [0.4, 0.5) is 4.39 Å². The number of aromatic nitrogens is 1. The number of para-hydroxylation sites is 1. The van der Waals surface area contributed by atoms with Gasteiger partial charge in [0, 0.05) is 23.0 Å². The first-order chi connectivity index (χ1) is 9.83. The van der Waals surface area contributed by atoms with Crippen LogP contribution in [0, 0.1) is 5.82 Å². The van der Waals surface area contributed by atoms with Crippen LogP contribution in [0.25, 0.3) is 10.9 Å². The highest BCUT2D eigenvalue weighted by atomic mass is 19.1. The predicted octanol–water partition coefficient (Wildman–Crippen LogP) is 3.70. The Balaban J connectivity index is 1.92. The summed E-state index contributed by atoms with van der Waals surface area (Å²) in [6.45, 7) is 0.779. The number of fused-ring (bicyclic) bond motifs is 3. The normalized spacial score (nSPS) is 14.2. The van der Waals surface area contributed by atoms with E-state index in [1.54, 1.807) is 12.1 Å². The van der Waals surface area contributed by atoms with Gasteiger partial charge in [-0.05, 0) is 42.3 Å². The molecule has 3 heteroatoms. The van der Waals surface area contributed by atoms with Gasteiger partial charge in [-0.25, -0.2) is 4.39 Å². The van der Waals surface area contributed by atoms with E-state index in [0.717, 1.165) is 35.5 Å². The summed E-state index contributed by atoms with van der Waals surface area (Å²) < 4.78 is 13.1. The summed E-state index contributed by atoms with van der Waals surface area (Å²) in [5.74, 6) is -0.220. The Morgan fingerprint density at radius 3 is 2.65 bits per heavy atom. The van der Waals surface area contributed by atoms with Crippen LogP contribution in [0.2, 0.25) is 0 Å². The number of H-pyrrole nitrogens is 1. The van der Waals surface area contributed by atoms with Crippen LogP contribution in [-0.2, 0) is 6.42 Å². The van der Waals surface area contributed by atoms with Gasteiger partial charge in [-0.15, -0.1) is 0 Å². The van der Waals surface area contributed by atoms with E-state index in [2.05, 4.69) is 28.2 Å². The quantitative estimate of drug-likeness (QED) is 0.694. The van der Waals surface area contributed by atoms with E-state index < -0.39 is 0 Å². The van der Waals surface area contributed by atoms with Crippen LogP contribution < -0.4 is 0 Å². The second-order valence-corrected chi connectivity index (χ2v) is 5.01. The molecule has 0 unspecified atom stereocenters. The highest BCUT2D eigenvalue weighted by Crippen LogP contribution is 2.28. The van der Waals surface area contributed by atoms with Crippen molar-refractivity contribution in [1.82, 2.24) is 4.98 Å². The molecule has 1 aliphatic heterocycles. The van der Waals surface area contributed by atoms with Crippen molar-refractivity contribution in [2.45, 2.75) is 6.42 Å². The van der Waals surface area contributed by atoms with Crippen molar-refractivity contribution < 1.29 is 4.39 Å². The highest BCUT2D eigenvalue weighted by molar-refractivity contribution is 6.15. The van der Waals surface area contributed by atoms with E-state index in [0.29, 0.717) is 0 Å². The molecule has 0 radical (unpaired) electrons. The van der Waals surface area contributed by atoms with Gasteiger partial charge in [0.05, 0.1) is 11.4 Å². The van der Waals surface area contributed by atoms with Crippen molar-refractivity contribution in [3.05, 3.63) is 71.2 Å². The zero-order valence-corrected chi connectivity index (χ0v) is 10.9. The molecule has 1 N–H and O–H groups in total. The van der Waals surface area contributed by atoms with Gasteiger partial charge in [-0.2, -0.15) is 0 Å². The molecule has 2 aromatic carbocycles. The molecule has 0 atom stereocenters. The molecule has 98 valence electrons. The average molecular weight is 264 g/mol. The standard InChI is InChI=1S/C17H13FN2/c18-12-7-5-11(6-8-12)16-17-14(9-10-19-16)13-3-1-2-4-15(13)20-17/h1-8,20H,9-10H2. The van der Waals surface area contributed by atoms with Crippen LogP contribution in [0.15, 0.2) is 53.5 Å². The number of aliphatic imine (C=N–C) groups is 1. The third kappa shape index (κ3) is 1.67. The monoisotopic (exact) mass is 264 g/mol. The van der Waals surface area contributed by atoms with E-state index in [1.807, 2.05) is 6.07 Å². The summed E-state index contributed by atoms with van der Waals surface area (Å²) in [5.41, 5.74) is 5.41. The predicted molar refractivity (Wildman–Crippen MR) is 78.9 cm³/mol. The molecule has 0 aliphatic carbocycles. The van der Waals surface area contributed by atoms with E-state index in [1.165, 1.54) is 23.1 Å². The minimum Gasteiger partial charge on any atom is -0.353 e. The molecule has 20 heavy (non-hydrogen) atoms. The molecule has 3 aromatic rings. The Kier molecular flexibility index (Phi) is 2.46. The SMILES string of the molecule is Fc1ccc(C2=NCCc3c2[nH]c2ccccc32)cc1. The molecule has 2 nitrogen and oxygen atoms in total. The first-order valence-corrected chi connectivity index (χ1v) is 6.73. The zero-order chi connectivity index (χ0) is 13.5. The number of halogens is 1. The van der Waals surface area contributed by atoms with Crippen molar-refractivity contribution in [1.29, 1.82) is 0 Å². The smallest absolute Gasteiger partial charge is 0.123 e. The molecule has 0 spiro atoms. The van der Waals surface area contributed by atoms with E-state index in [-0.39, 0.29) is 5.82 Å². The number of nitrogens with one attached hydrogen (secondary N) is 1. The van der Waals surface area contributed by atoms with Crippen molar-refractivity contribution in [3.8, 4) is 0 Å². The van der Waals surface area contributed by atoms with Gasteiger partial charge in [0.1, 0.15) is 5.82 Å². The lowest BCUT2D eigenvalue weighted by molar-refractivity contribution is 0.628. The van der Waals surface area contributed by atoms with Gasteiger partial charge in [0.2, 0.25) is 0 Å². The molecule has 1 aliphatic rings. The summed E-state index contributed by atoms with van der Waals surface area (Å²) >= 11 is 0. The van der Waals surface area contributed by atoms with E-state index >= 15 is 0 Å². The summed E-state index contributed by atoms with van der Waals surface area (Å²) in [6.07, 6.45) is 0.948. The average Bonchev–Trinajstić information content (AvgIpc) is 2.87. The van der Waals surface area contributed by atoms with Crippen molar-refractivity contribution in [2.24, 2.45) is 4.99 Å². The Hall–Kier alpha value is -2.42. The van der Waals surface area contributed by atoms with Gasteiger partial charge in [-0.1, -0.05) is 18.2 Å². The fourth-order valence-electron chi connectivity index (χ4n) is 2.86. The summed E-state index contributed by atoms with van der Waals surface area (Å²) in [6, 6.07) is 14.8. The number of aromatic amines is 1.